The molecule has 0 aromatic heterocycles. The molecule has 1 radical (unpaired) electrons. The van der Waals surface area contributed by atoms with Gasteiger partial charge in [0.05, 0.1) is 6.61 Å². The maximum absolute atomic E-state index is 10.3. The van der Waals surface area contributed by atoms with Crippen molar-refractivity contribution in [3.8, 4) is 0 Å². The average molecular weight is 247 g/mol. The standard InChI is InChI=1S/C9H19O.C8H8/c1-3-5-6-9(4-2)7-8-10;1-2-8-6-4-3-5-7-8/h9H,3-8H2,1-2H3;2-7H,1H2. The molecule has 1 unspecified atom stereocenters. The van der Waals surface area contributed by atoms with Crippen molar-refractivity contribution in [1.82, 2.24) is 0 Å². The molecule has 1 rings (SSSR count). The van der Waals surface area contributed by atoms with Crippen LogP contribution in [0, 0.1) is 5.92 Å². The molecule has 0 heterocycles. The van der Waals surface area contributed by atoms with Crippen molar-refractivity contribution in [2.75, 3.05) is 6.61 Å². The van der Waals surface area contributed by atoms with Crippen molar-refractivity contribution in [2.24, 2.45) is 5.92 Å². The molecule has 18 heavy (non-hydrogen) atoms. The van der Waals surface area contributed by atoms with Crippen LogP contribution in [0.4, 0.5) is 0 Å². The number of benzene rings is 1. The molecule has 0 aliphatic rings. The summed E-state index contributed by atoms with van der Waals surface area (Å²) < 4.78 is 0. The van der Waals surface area contributed by atoms with E-state index in [1.54, 1.807) is 0 Å². The summed E-state index contributed by atoms with van der Waals surface area (Å²) in [5.41, 5.74) is 1.17. The Morgan fingerprint density at radius 1 is 1.17 bits per heavy atom. The van der Waals surface area contributed by atoms with E-state index in [-0.39, 0.29) is 6.61 Å². The first-order valence-electron chi connectivity index (χ1n) is 7.04. The monoisotopic (exact) mass is 247 g/mol. The molecule has 0 saturated carbocycles. The van der Waals surface area contributed by atoms with Crippen LogP contribution in [0.3, 0.4) is 0 Å². The summed E-state index contributed by atoms with van der Waals surface area (Å²) in [5, 5.41) is 10.3. The van der Waals surface area contributed by atoms with E-state index in [0.29, 0.717) is 5.92 Å². The van der Waals surface area contributed by atoms with Gasteiger partial charge < -0.3 is 0 Å². The van der Waals surface area contributed by atoms with Gasteiger partial charge in [-0.3, -0.25) is 0 Å². The van der Waals surface area contributed by atoms with Gasteiger partial charge in [-0.05, 0) is 17.9 Å². The lowest BCUT2D eigenvalue weighted by Gasteiger charge is -2.10. The minimum atomic E-state index is 0.113. The fourth-order valence-corrected chi connectivity index (χ4v) is 1.80. The summed E-state index contributed by atoms with van der Waals surface area (Å²) in [6.07, 6.45) is 7.71. The summed E-state index contributed by atoms with van der Waals surface area (Å²) in [6, 6.07) is 10.0. The number of unbranched alkanes of at least 4 members (excludes halogenated alkanes) is 1. The molecule has 101 valence electrons. The summed E-state index contributed by atoms with van der Waals surface area (Å²) in [4.78, 5) is 0. The van der Waals surface area contributed by atoms with Crippen LogP contribution in [0.5, 0.6) is 0 Å². The van der Waals surface area contributed by atoms with Gasteiger partial charge in [0.2, 0.25) is 0 Å². The van der Waals surface area contributed by atoms with Gasteiger partial charge in [0.25, 0.3) is 0 Å². The molecule has 0 N–H and O–H groups in total. The third-order valence-corrected chi connectivity index (χ3v) is 3.10. The Bertz CT molecular complexity index is 279. The number of hydrogen-bond donors (Lipinski definition) is 0. The minimum absolute atomic E-state index is 0.113. The minimum Gasteiger partial charge on any atom is -0.237 e. The predicted octanol–water partition coefficient (Wildman–Crippen LogP) is 5.35. The normalized spacial score (nSPS) is 11.3. The lowest BCUT2D eigenvalue weighted by molar-refractivity contribution is 0.166. The molecule has 1 heteroatoms. The molecule has 0 aliphatic carbocycles. The summed E-state index contributed by atoms with van der Waals surface area (Å²) in [6.45, 7) is 8.12. The first-order chi connectivity index (χ1) is 8.78. The maximum atomic E-state index is 10.3. The highest BCUT2D eigenvalue weighted by molar-refractivity contribution is 5.45. The second-order valence-electron chi connectivity index (χ2n) is 4.52. The van der Waals surface area contributed by atoms with E-state index in [9.17, 15) is 5.11 Å². The Balaban J connectivity index is 0.000000327. The van der Waals surface area contributed by atoms with Crippen LogP contribution >= 0.6 is 0 Å². The van der Waals surface area contributed by atoms with Crippen LogP contribution in [0.25, 0.3) is 6.08 Å². The molecular formula is C17H27O. The quantitative estimate of drug-likeness (QED) is 0.618. The van der Waals surface area contributed by atoms with Gasteiger partial charge in [-0.1, -0.05) is 82.5 Å². The van der Waals surface area contributed by atoms with Gasteiger partial charge in [-0.15, -0.1) is 0 Å². The molecule has 1 atom stereocenters. The molecule has 1 aromatic carbocycles. The van der Waals surface area contributed by atoms with E-state index in [0.717, 1.165) is 6.42 Å². The van der Waals surface area contributed by atoms with E-state index in [2.05, 4.69) is 20.4 Å². The Kier molecular flexibility index (Phi) is 11.6. The molecule has 1 aromatic rings. The largest absolute Gasteiger partial charge is 0.237 e. The summed E-state index contributed by atoms with van der Waals surface area (Å²) in [7, 11) is 0. The van der Waals surface area contributed by atoms with Gasteiger partial charge in [0.1, 0.15) is 0 Å². The van der Waals surface area contributed by atoms with Gasteiger partial charge in [0.15, 0.2) is 0 Å². The second kappa shape index (κ2) is 12.4. The fraction of sp³-hybridized carbons (Fsp3) is 0.529. The Hall–Kier alpha value is -1.08. The van der Waals surface area contributed by atoms with Crippen molar-refractivity contribution < 1.29 is 5.11 Å². The lowest BCUT2D eigenvalue weighted by Crippen LogP contribution is -2.00. The van der Waals surface area contributed by atoms with E-state index in [4.69, 9.17) is 0 Å². The zero-order valence-electron chi connectivity index (χ0n) is 11.9. The predicted molar refractivity (Wildman–Crippen MR) is 80.0 cm³/mol. The molecule has 0 aliphatic heterocycles. The first-order valence-corrected chi connectivity index (χ1v) is 7.04. The van der Waals surface area contributed by atoms with Crippen LogP contribution in [0.1, 0.15) is 51.5 Å². The van der Waals surface area contributed by atoms with Crippen LogP contribution in [0.15, 0.2) is 36.9 Å². The molecule has 0 saturated heterocycles. The second-order valence-corrected chi connectivity index (χ2v) is 4.52. The van der Waals surface area contributed by atoms with Gasteiger partial charge in [-0.2, -0.15) is 0 Å². The van der Waals surface area contributed by atoms with Crippen molar-refractivity contribution in [2.45, 2.75) is 46.0 Å². The number of rotatable bonds is 7. The Morgan fingerprint density at radius 3 is 2.22 bits per heavy atom. The van der Waals surface area contributed by atoms with Crippen LogP contribution < -0.4 is 0 Å². The first kappa shape index (κ1) is 16.9. The van der Waals surface area contributed by atoms with Crippen molar-refractivity contribution >= 4 is 6.08 Å². The molecule has 0 spiro atoms. The van der Waals surface area contributed by atoms with Gasteiger partial charge in [-0.25, -0.2) is 5.11 Å². The molecule has 0 fully saturated rings. The average Bonchev–Trinajstić information content (AvgIpc) is 2.45. The van der Waals surface area contributed by atoms with Gasteiger partial charge in [0, 0.05) is 0 Å². The number of hydrogen-bond acceptors (Lipinski definition) is 0. The molecular weight excluding hydrogens is 220 g/mol. The lowest BCUT2D eigenvalue weighted by atomic mass is 9.96. The van der Waals surface area contributed by atoms with E-state index >= 15 is 0 Å². The third-order valence-electron chi connectivity index (χ3n) is 3.10. The highest BCUT2D eigenvalue weighted by Gasteiger charge is 2.03. The zero-order valence-corrected chi connectivity index (χ0v) is 11.9. The van der Waals surface area contributed by atoms with Crippen molar-refractivity contribution in [1.29, 1.82) is 0 Å². The Morgan fingerprint density at radius 2 is 1.83 bits per heavy atom. The topological polar surface area (TPSA) is 19.9 Å². The zero-order chi connectivity index (χ0) is 13.6. The van der Waals surface area contributed by atoms with Crippen LogP contribution in [-0.4, -0.2) is 6.61 Å². The molecule has 0 bridgehead atoms. The van der Waals surface area contributed by atoms with E-state index in [1.165, 1.54) is 31.2 Å². The van der Waals surface area contributed by atoms with Crippen molar-refractivity contribution in [3.05, 3.63) is 42.5 Å². The Labute approximate surface area is 113 Å². The van der Waals surface area contributed by atoms with Crippen molar-refractivity contribution in [3.63, 3.8) is 0 Å². The fourth-order valence-electron chi connectivity index (χ4n) is 1.80. The summed E-state index contributed by atoms with van der Waals surface area (Å²) >= 11 is 0. The van der Waals surface area contributed by atoms with Crippen LogP contribution in [0.2, 0.25) is 0 Å². The van der Waals surface area contributed by atoms with Crippen LogP contribution in [-0.2, 0) is 5.11 Å². The smallest absolute Gasteiger partial charge is 0.0825 e. The maximum Gasteiger partial charge on any atom is 0.0825 e. The summed E-state index contributed by atoms with van der Waals surface area (Å²) in [5.74, 6) is 0.706. The molecule has 0 amide bonds. The van der Waals surface area contributed by atoms with Gasteiger partial charge >= 0.3 is 0 Å². The SMILES string of the molecule is C=Cc1ccccc1.CCCCC(CC)CC[O]. The third kappa shape index (κ3) is 9.00. The highest BCUT2D eigenvalue weighted by Crippen LogP contribution is 2.15. The van der Waals surface area contributed by atoms with E-state index < -0.39 is 0 Å². The highest BCUT2D eigenvalue weighted by atomic mass is 16.3. The van der Waals surface area contributed by atoms with E-state index in [1.807, 2.05) is 36.4 Å². The molecule has 1 nitrogen and oxygen atoms in total.